The monoisotopic (exact) mass is 381 g/mol. The molecule has 0 atom stereocenters. The van der Waals surface area contributed by atoms with E-state index in [1.54, 1.807) is 36.4 Å². The van der Waals surface area contributed by atoms with E-state index in [4.69, 9.17) is 16.0 Å². The molecule has 0 radical (unpaired) electrons. The molecule has 4 aromatic rings. The number of thiophene rings is 1. The highest BCUT2D eigenvalue weighted by molar-refractivity contribution is 7.12. The molecule has 0 aliphatic heterocycles. The highest BCUT2D eigenvalue weighted by Crippen LogP contribution is 2.30. The highest BCUT2D eigenvalue weighted by atomic mass is 35.5. The van der Waals surface area contributed by atoms with E-state index in [-0.39, 0.29) is 5.91 Å². The number of para-hydroxylation sites is 1. The SMILES string of the molecule is O=C(Nc1ccc(-c2cc3ccccc3oc2=O)c(Cl)c1)c1cccs1. The van der Waals surface area contributed by atoms with Crippen molar-refractivity contribution in [3.05, 3.63) is 86.4 Å². The number of halogens is 1. The zero-order chi connectivity index (χ0) is 18.1. The number of carbonyl (C=O) groups is 1. The topological polar surface area (TPSA) is 59.3 Å². The molecule has 6 heteroatoms. The zero-order valence-corrected chi connectivity index (χ0v) is 14.9. The number of rotatable bonds is 3. The molecule has 0 saturated carbocycles. The molecule has 4 rings (SSSR count). The van der Waals surface area contributed by atoms with Gasteiger partial charge in [-0.25, -0.2) is 4.79 Å². The molecule has 0 aliphatic carbocycles. The molecule has 2 aromatic carbocycles. The van der Waals surface area contributed by atoms with Crippen LogP contribution in [0.3, 0.4) is 0 Å². The number of anilines is 1. The number of benzene rings is 2. The lowest BCUT2D eigenvalue weighted by Gasteiger charge is -2.08. The van der Waals surface area contributed by atoms with Crippen LogP contribution in [0.4, 0.5) is 5.69 Å². The molecule has 4 nitrogen and oxygen atoms in total. The Morgan fingerprint density at radius 2 is 1.85 bits per heavy atom. The van der Waals surface area contributed by atoms with Gasteiger partial charge in [0.25, 0.3) is 5.91 Å². The van der Waals surface area contributed by atoms with E-state index >= 15 is 0 Å². The van der Waals surface area contributed by atoms with Crippen molar-refractivity contribution in [3.8, 4) is 11.1 Å². The van der Waals surface area contributed by atoms with Crippen LogP contribution in [0.25, 0.3) is 22.1 Å². The molecular weight excluding hydrogens is 370 g/mol. The van der Waals surface area contributed by atoms with Crippen LogP contribution in [0.2, 0.25) is 5.02 Å². The van der Waals surface area contributed by atoms with Crippen LogP contribution in [0.1, 0.15) is 9.67 Å². The lowest BCUT2D eigenvalue weighted by Crippen LogP contribution is -2.10. The van der Waals surface area contributed by atoms with Crippen molar-refractivity contribution in [2.45, 2.75) is 0 Å². The Balaban J connectivity index is 1.69. The first-order valence-electron chi connectivity index (χ1n) is 7.79. The van der Waals surface area contributed by atoms with Gasteiger partial charge in [0.1, 0.15) is 5.58 Å². The molecule has 0 fully saturated rings. The van der Waals surface area contributed by atoms with Gasteiger partial charge in [-0.05, 0) is 35.7 Å². The quantitative estimate of drug-likeness (QED) is 0.481. The molecule has 2 aromatic heterocycles. The predicted octanol–water partition coefficient (Wildman–Crippen LogP) is 5.43. The zero-order valence-electron chi connectivity index (χ0n) is 13.4. The van der Waals surface area contributed by atoms with Crippen LogP contribution in [0.15, 0.2) is 75.3 Å². The van der Waals surface area contributed by atoms with Gasteiger partial charge in [0, 0.05) is 16.6 Å². The van der Waals surface area contributed by atoms with Crippen LogP contribution < -0.4 is 10.9 Å². The van der Waals surface area contributed by atoms with Crippen molar-refractivity contribution >= 4 is 45.5 Å². The summed E-state index contributed by atoms with van der Waals surface area (Å²) in [5.74, 6) is -0.200. The highest BCUT2D eigenvalue weighted by Gasteiger charge is 2.13. The summed E-state index contributed by atoms with van der Waals surface area (Å²) in [6.07, 6.45) is 0. The summed E-state index contributed by atoms with van der Waals surface area (Å²) in [5, 5.41) is 5.80. The third-order valence-electron chi connectivity index (χ3n) is 3.90. The number of fused-ring (bicyclic) bond motifs is 1. The lowest BCUT2D eigenvalue weighted by molar-refractivity contribution is 0.103. The normalized spacial score (nSPS) is 10.8. The summed E-state index contributed by atoms with van der Waals surface area (Å²) in [6.45, 7) is 0. The standard InChI is InChI=1S/C20H12ClNO3S/c21-16-11-13(22-19(23)18-6-3-9-26-18)7-8-14(16)15-10-12-4-1-2-5-17(12)25-20(15)24/h1-11H,(H,22,23). The molecule has 0 aliphatic rings. The van der Waals surface area contributed by atoms with Gasteiger partial charge in [-0.3, -0.25) is 4.79 Å². The fraction of sp³-hybridized carbons (Fsp3) is 0. The molecule has 26 heavy (non-hydrogen) atoms. The first kappa shape index (κ1) is 16.6. The van der Waals surface area contributed by atoms with Gasteiger partial charge in [-0.15, -0.1) is 11.3 Å². The maximum absolute atomic E-state index is 12.3. The van der Waals surface area contributed by atoms with Crippen molar-refractivity contribution in [3.63, 3.8) is 0 Å². The average molecular weight is 382 g/mol. The Bertz CT molecular complexity index is 1170. The van der Waals surface area contributed by atoms with Crippen LogP contribution in [0, 0.1) is 0 Å². The third-order valence-corrected chi connectivity index (χ3v) is 5.08. The van der Waals surface area contributed by atoms with E-state index in [9.17, 15) is 9.59 Å². The third kappa shape index (κ3) is 3.14. The largest absolute Gasteiger partial charge is 0.422 e. The average Bonchev–Trinajstić information content (AvgIpc) is 3.16. The second kappa shape index (κ2) is 6.78. The minimum atomic E-state index is -0.457. The molecule has 1 amide bonds. The fourth-order valence-electron chi connectivity index (χ4n) is 2.66. The molecule has 0 saturated heterocycles. The molecular formula is C20H12ClNO3S. The van der Waals surface area contributed by atoms with Crippen LogP contribution in [-0.4, -0.2) is 5.91 Å². The van der Waals surface area contributed by atoms with E-state index in [1.807, 2.05) is 29.6 Å². The van der Waals surface area contributed by atoms with Crippen LogP contribution in [-0.2, 0) is 0 Å². The van der Waals surface area contributed by atoms with Gasteiger partial charge in [-0.1, -0.05) is 41.9 Å². The molecule has 0 unspecified atom stereocenters. The molecule has 0 spiro atoms. The van der Waals surface area contributed by atoms with E-state index in [0.717, 1.165) is 5.39 Å². The number of amides is 1. The summed E-state index contributed by atoms with van der Waals surface area (Å²) in [5.41, 5.74) is 1.56. The minimum Gasteiger partial charge on any atom is -0.422 e. The second-order valence-electron chi connectivity index (χ2n) is 5.61. The number of hydrogen-bond acceptors (Lipinski definition) is 4. The summed E-state index contributed by atoms with van der Waals surface area (Å²) in [6, 6.07) is 17.6. The second-order valence-corrected chi connectivity index (χ2v) is 6.97. The smallest absolute Gasteiger partial charge is 0.344 e. The minimum absolute atomic E-state index is 0.200. The van der Waals surface area contributed by atoms with E-state index in [0.29, 0.717) is 32.3 Å². The Morgan fingerprint density at radius 1 is 1.00 bits per heavy atom. The maximum Gasteiger partial charge on any atom is 0.344 e. The summed E-state index contributed by atoms with van der Waals surface area (Å²) >= 11 is 7.72. The van der Waals surface area contributed by atoms with Crippen molar-refractivity contribution in [1.82, 2.24) is 0 Å². The Morgan fingerprint density at radius 3 is 2.62 bits per heavy atom. The fourth-order valence-corrected chi connectivity index (χ4v) is 3.56. The summed E-state index contributed by atoms with van der Waals surface area (Å²) < 4.78 is 5.36. The Kier molecular flexibility index (Phi) is 4.32. The lowest BCUT2D eigenvalue weighted by atomic mass is 10.1. The maximum atomic E-state index is 12.3. The number of carbonyl (C=O) groups excluding carboxylic acids is 1. The predicted molar refractivity (Wildman–Crippen MR) is 105 cm³/mol. The van der Waals surface area contributed by atoms with Gasteiger partial charge >= 0.3 is 5.63 Å². The van der Waals surface area contributed by atoms with E-state index in [2.05, 4.69) is 5.32 Å². The first-order valence-corrected chi connectivity index (χ1v) is 9.05. The van der Waals surface area contributed by atoms with Crippen molar-refractivity contribution < 1.29 is 9.21 Å². The van der Waals surface area contributed by atoms with Gasteiger partial charge in [0.15, 0.2) is 0 Å². The van der Waals surface area contributed by atoms with Crippen LogP contribution >= 0.6 is 22.9 Å². The molecule has 128 valence electrons. The Hall–Kier alpha value is -2.89. The summed E-state index contributed by atoms with van der Waals surface area (Å²) in [7, 11) is 0. The van der Waals surface area contributed by atoms with Crippen molar-refractivity contribution in [2.75, 3.05) is 5.32 Å². The first-order chi connectivity index (χ1) is 12.6. The molecule has 2 heterocycles. The van der Waals surface area contributed by atoms with Crippen molar-refractivity contribution in [1.29, 1.82) is 0 Å². The van der Waals surface area contributed by atoms with Crippen LogP contribution in [0.5, 0.6) is 0 Å². The number of hydrogen-bond donors (Lipinski definition) is 1. The van der Waals surface area contributed by atoms with E-state index < -0.39 is 5.63 Å². The van der Waals surface area contributed by atoms with Gasteiger partial charge in [-0.2, -0.15) is 0 Å². The number of nitrogens with one attached hydrogen (secondary N) is 1. The Labute approximate surface area is 157 Å². The summed E-state index contributed by atoms with van der Waals surface area (Å²) in [4.78, 5) is 25.1. The molecule has 1 N–H and O–H groups in total. The van der Waals surface area contributed by atoms with Gasteiger partial charge < -0.3 is 9.73 Å². The molecule has 0 bridgehead atoms. The van der Waals surface area contributed by atoms with E-state index in [1.165, 1.54) is 11.3 Å². The van der Waals surface area contributed by atoms with Gasteiger partial charge in [0.05, 0.1) is 15.5 Å². The van der Waals surface area contributed by atoms with Crippen molar-refractivity contribution in [2.24, 2.45) is 0 Å². The van der Waals surface area contributed by atoms with Gasteiger partial charge in [0.2, 0.25) is 0 Å².